The molecule has 0 aromatic heterocycles. The summed E-state index contributed by atoms with van der Waals surface area (Å²) in [5, 5.41) is 58.2. The molecule has 1 aliphatic rings. The van der Waals surface area contributed by atoms with Gasteiger partial charge in [-0.25, -0.2) is 0 Å². The van der Waals surface area contributed by atoms with Gasteiger partial charge in [0.05, 0.1) is 6.61 Å². The molecule has 6 N–H and O–H groups in total. The van der Waals surface area contributed by atoms with Crippen LogP contribution < -0.4 is 4.74 Å². The zero-order valence-corrected chi connectivity index (χ0v) is 14.8. The highest BCUT2D eigenvalue weighted by atomic mass is 16.7. The van der Waals surface area contributed by atoms with Crippen molar-refractivity contribution < 1.29 is 40.1 Å². The number of rotatable bonds is 5. The average Bonchev–Trinajstić information content (AvgIpc) is 2.67. The van der Waals surface area contributed by atoms with E-state index in [9.17, 15) is 30.6 Å². The van der Waals surface area contributed by atoms with Gasteiger partial charge in [-0.3, -0.25) is 0 Å². The zero-order valence-electron chi connectivity index (χ0n) is 14.8. The van der Waals surface area contributed by atoms with Crippen LogP contribution in [0.3, 0.4) is 0 Å². The Morgan fingerprint density at radius 1 is 0.821 bits per heavy atom. The van der Waals surface area contributed by atoms with Crippen molar-refractivity contribution in [2.75, 3.05) is 6.61 Å². The van der Waals surface area contributed by atoms with E-state index >= 15 is 0 Å². The summed E-state index contributed by atoms with van der Waals surface area (Å²) in [6, 6.07) is 10.9. The topological polar surface area (TPSA) is 140 Å². The molecular formula is C20H22O8. The Kier molecular flexibility index (Phi) is 6.18. The van der Waals surface area contributed by atoms with E-state index in [1.165, 1.54) is 12.1 Å². The summed E-state index contributed by atoms with van der Waals surface area (Å²) >= 11 is 0. The van der Waals surface area contributed by atoms with Crippen molar-refractivity contribution in [2.45, 2.75) is 30.7 Å². The standard InChI is InChI=1S/C20H22O8/c21-10-16-17(24)18(25)19(26)20(28-16)27-15-8-12(7-14(23)9-15)2-1-11-3-5-13(22)6-4-11/h1-9,16-26H,10H2/b2-1-/t16-,17+,18+,19-,20-/m0/s1. The van der Waals surface area contributed by atoms with Gasteiger partial charge in [0.25, 0.3) is 0 Å². The number of aliphatic hydroxyl groups excluding tert-OH is 4. The Hall–Kier alpha value is -2.62. The highest BCUT2D eigenvalue weighted by molar-refractivity contribution is 5.71. The Labute approximate surface area is 161 Å². The molecule has 0 bridgehead atoms. The largest absolute Gasteiger partial charge is 0.508 e. The first-order valence-electron chi connectivity index (χ1n) is 8.65. The van der Waals surface area contributed by atoms with Gasteiger partial charge in [-0.1, -0.05) is 24.3 Å². The molecule has 2 aromatic carbocycles. The molecule has 0 unspecified atom stereocenters. The monoisotopic (exact) mass is 390 g/mol. The summed E-state index contributed by atoms with van der Waals surface area (Å²) in [5.41, 5.74) is 1.42. The van der Waals surface area contributed by atoms with E-state index in [2.05, 4.69) is 0 Å². The fourth-order valence-corrected chi connectivity index (χ4v) is 2.85. The predicted octanol–water partition coefficient (Wildman–Crippen LogP) is 0.447. The molecule has 5 atom stereocenters. The van der Waals surface area contributed by atoms with Crippen molar-refractivity contribution in [2.24, 2.45) is 0 Å². The van der Waals surface area contributed by atoms with Gasteiger partial charge in [0, 0.05) is 6.07 Å². The van der Waals surface area contributed by atoms with E-state index in [4.69, 9.17) is 9.47 Å². The summed E-state index contributed by atoms with van der Waals surface area (Å²) in [7, 11) is 0. The average molecular weight is 390 g/mol. The molecule has 1 aliphatic heterocycles. The fourth-order valence-electron chi connectivity index (χ4n) is 2.85. The van der Waals surface area contributed by atoms with Crippen LogP contribution in [0.5, 0.6) is 17.2 Å². The molecule has 3 rings (SSSR count). The maximum absolute atomic E-state index is 10.1. The third-order valence-corrected chi connectivity index (χ3v) is 4.38. The van der Waals surface area contributed by atoms with Crippen molar-refractivity contribution in [3.8, 4) is 17.2 Å². The van der Waals surface area contributed by atoms with Crippen LogP contribution in [-0.2, 0) is 4.74 Å². The number of hydrogen-bond donors (Lipinski definition) is 6. The summed E-state index contributed by atoms with van der Waals surface area (Å²) in [5.74, 6) is 0.229. The van der Waals surface area contributed by atoms with E-state index in [1.54, 1.807) is 42.5 Å². The van der Waals surface area contributed by atoms with Gasteiger partial charge in [0.15, 0.2) is 0 Å². The number of hydrogen-bond acceptors (Lipinski definition) is 8. The molecule has 0 spiro atoms. The molecular weight excluding hydrogens is 368 g/mol. The van der Waals surface area contributed by atoms with Gasteiger partial charge in [0.1, 0.15) is 41.7 Å². The lowest BCUT2D eigenvalue weighted by Crippen LogP contribution is -2.60. The highest BCUT2D eigenvalue weighted by Gasteiger charge is 2.44. The van der Waals surface area contributed by atoms with Crippen LogP contribution in [-0.4, -0.2) is 68.0 Å². The Morgan fingerprint density at radius 2 is 1.50 bits per heavy atom. The van der Waals surface area contributed by atoms with E-state index in [1.807, 2.05) is 0 Å². The summed E-state index contributed by atoms with van der Waals surface area (Å²) < 4.78 is 10.8. The second kappa shape index (κ2) is 8.59. The third kappa shape index (κ3) is 4.61. The van der Waals surface area contributed by atoms with E-state index < -0.39 is 37.3 Å². The molecule has 0 saturated carbocycles. The number of phenolic OH excluding ortho intramolecular Hbond substituents is 2. The second-order valence-electron chi connectivity index (χ2n) is 6.50. The van der Waals surface area contributed by atoms with Crippen molar-refractivity contribution in [1.29, 1.82) is 0 Å². The Balaban J connectivity index is 1.76. The van der Waals surface area contributed by atoms with Crippen molar-refractivity contribution in [1.82, 2.24) is 0 Å². The molecule has 1 heterocycles. The van der Waals surface area contributed by atoms with E-state index in [-0.39, 0.29) is 17.2 Å². The predicted molar refractivity (Wildman–Crippen MR) is 99.5 cm³/mol. The van der Waals surface area contributed by atoms with Crippen LogP contribution in [0.4, 0.5) is 0 Å². The molecule has 2 aromatic rings. The van der Waals surface area contributed by atoms with Gasteiger partial charge < -0.3 is 40.1 Å². The maximum atomic E-state index is 10.1. The number of aliphatic hydroxyl groups is 4. The van der Waals surface area contributed by atoms with Gasteiger partial charge >= 0.3 is 0 Å². The van der Waals surface area contributed by atoms with Gasteiger partial charge in [-0.15, -0.1) is 0 Å². The molecule has 1 fully saturated rings. The lowest BCUT2D eigenvalue weighted by atomic mass is 9.99. The lowest BCUT2D eigenvalue weighted by molar-refractivity contribution is -0.277. The first-order chi connectivity index (χ1) is 13.4. The minimum Gasteiger partial charge on any atom is -0.508 e. The molecule has 0 aliphatic carbocycles. The lowest BCUT2D eigenvalue weighted by Gasteiger charge is -2.39. The van der Waals surface area contributed by atoms with E-state index in [0.29, 0.717) is 5.56 Å². The molecule has 0 radical (unpaired) electrons. The molecule has 1 saturated heterocycles. The Morgan fingerprint density at radius 3 is 2.18 bits per heavy atom. The van der Waals surface area contributed by atoms with Gasteiger partial charge in [0.2, 0.25) is 6.29 Å². The molecule has 28 heavy (non-hydrogen) atoms. The smallest absolute Gasteiger partial charge is 0.229 e. The van der Waals surface area contributed by atoms with Crippen LogP contribution in [0.15, 0.2) is 42.5 Å². The maximum Gasteiger partial charge on any atom is 0.229 e. The highest BCUT2D eigenvalue weighted by Crippen LogP contribution is 2.28. The molecule has 0 amide bonds. The summed E-state index contributed by atoms with van der Waals surface area (Å²) in [6.45, 7) is -0.564. The van der Waals surface area contributed by atoms with Crippen LogP contribution >= 0.6 is 0 Å². The van der Waals surface area contributed by atoms with Crippen molar-refractivity contribution in [3.05, 3.63) is 53.6 Å². The molecule has 8 heteroatoms. The minimum absolute atomic E-state index is 0.0903. The van der Waals surface area contributed by atoms with Gasteiger partial charge in [-0.05, 0) is 35.4 Å². The number of phenols is 2. The van der Waals surface area contributed by atoms with E-state index in [0.717, 1.165) is 5.56 Å². The fraction of sp³-hybridized carbons (Fsp3) is 0.300. The van der Waals surface area contributed by atoms with Gasteiger partial charge in [-0.2, -0.15) is 0 Å². The quantitative estimate of drug-likeness (QED) is 0.405. The second-order valence-corrected chi connectivity index (χ2v) is 6.50. The number of ether oxygens (including phenoxy) is 2. The first-order valence-corrected chi connectivity index (χ1v) is 8.65. The number of benzene rings is 2. The van der Waals surface area contributed by atoms with Crippen LogP contribution in [0.2, 0.25) is 0 Å². The summed E-state index contributed by atoms with van der Waals surface area (Å²) in [4.78, 5) is 0. The van der Waals surface area contributed by atoms with Crippen LogP contribution in [0.25, 0.3) is 12.2 Å². The van der Waals surface area contributed by atoms with Crippen LogP contribution in [0, 0.1) is 0 Å². The summed E-state index contributed by atoms with van der Waals surface area (Å²) in [6.07, 6.45) is -3.52. The third-order valence-electron chi connectivity index (χ3n) is 4.38. The molecule has 150 valence electrons. The minimum atomic E-state index is -1.55. The van der Waals surface area contributed by atoms with Crippen molar-refractivity contribution >= 4 is 12.2 Å². The SMILES string of the molecule is OC[C@@H]1O[C@H](Oc2cc(O)cc(/C=C\c3ccc(O)cc3)c2)[C@@H](O)[C@H](O)[C@@H]1O. The zero-order chi connectivity index (χ0) is 20.3. The Bertz CT molecular complexity index is 817. The normalized spacial score (nSPS) is 27.8. The number of aromatic hydroxyl groups is 2. The first kappa shape index (κ1) is 20.1. The molecule has 8 nitrogen and oxygen atoms in total. The van der Waals surface area contributed by atoms with Crippen molar-refractivity contribution in [3.63, 3.8) is 0 Å². The van der Waals surface area contributed by atoms with Crippen LogP contribution in [0.1, 0.15) is 11.1 Å².